The second-order valence-electron chi connectivity index (χ2n) is 4.07. The summed E-state index contributed by atoms with van der Waals surface area (Å²) in [4.78, 5) is 30.4. The normalized spacial score (nSPS) is 15.6. The zero-order valence-electron chi connectivity index (χ0n) is 11.6. The number of carbonyl (C=O) groups excluding carboxylic acids is 2. The minimum atomic E-state index is -0.0847. The molecule has 0 radical (unpaired) electrons. The Balaban J connectivity index is 0.00000324. The Labute approximate surface area is 130 Å². The van der Waals surface area contributed by atoms with E-state index in [2.05, 4.69) is 15.6 Å². The first-order chi connectivity index (χ1) is 8.58. The lowest BCUT2D eigenvalue weighted by molar-refractivity contribution is -0.130. The predicted molar refractivity (Wildman–Crippen MR) is 84.7 cm³/mol. The van der Waals surface area contributed by atoms with Crippen LogP contribution in [0.4, 0.5) is 0 Å². The fourth-order valence-corrected chi connectivity index (χ4v) is 1.81. The van der Waals surface area contributed by atoms with Crippen LogP contribution in [0.3, 0.4) is 0 Å². The van der Waals surface area contributed by atoms with E-state index in [0.29, 0.717) is 19.0 Å². The molecule has 2 amide bonds. The minimum absolute atomic E-state index is 0. The highest BCUT2D eigenvalue weighted by atomic mass is 127. The number of hydrogen-bond acceptors (Lipinski definition) is 3. The van der Waals surface area contributed by atoms with E-state index in [1.54, 1.807) is 21.0 Å². The molecule has 2 N–H and O–H groups in total. The number of aliphatic imine (C=N–C) groups is 1. The molecule has 1 heterocycles. The molecule has 0 aromatic heterocycles. The number of carbonyl (C=O) groups is 2. The third-order valence-corrected chi connectivity index (χ3v) is 2.92. The van der Waals surface area contributed by atoms with Gasteiger partial charge in [0, 0.05) is 47.2 Å². The second kappa shape index (κ2) is 8.94. The van der Waals surface area contributed by atoms with Crippen molar-refractivity contribution in [3.63, 3.8) is 0 Å². The molecule has 1 rings (SSSR count). The van der Waals surface area contributed by atoms with E-state index >= 15 is 0 Å². The lowest BCUT2D eigenvalue weighted by Crippen LogP contribution is -2.54. The summed E-state index contributed by atoms with van der Waals surface area (Å²) >= 11 is 0. The lowest BCUT2D eigenvalue weighted by Gasteiger charge is -2.35. The molecule has 110 valence electrons. The maximum absolute atomic E-state index is 11.2. The average Bonchev–Trinajstić information content (AvgIpc) is 2.39. The average molecular weight is 383 g/mol. The summed E-state index contributed by atoms with van der Waals surface area (Å²) in [5.41, 5.74) is 0. The van der Waals surface area contributed by atoms with Crippen LogP contribution in [0.2, 0.25) is 0 Å². The van der Waals surface area contributed by atoms with Crippen molar-refractivity contribution in [2.24, 2.45) is 4.99 Å². The van der Waals surface area contributed by atoms with Crippen molar-refractivity contribution in [2.75, 3.05) is 46.8 Å². The van der Waals surface area contributed by atoms with Crippen molar-refractivity contribution < 1.29 is 9.59 Å². The molecule has 1 fully saturated rings. The van der Waals surface area contributed by atoms with Crippen molar-refractivity contribution >= 4 is 41.8 Å². The molecule has 0 aromatic carbocycles. The highest BCUT2D eigenvalue weighted by molar-refractivity contribution is 14.0. The van der Waals surface area contributed by atoms with Crippen LogP contribution in [0.25, 0.3) is 0 Å². The molecule has 19 heavy (non-hydrogen) atoms. The van der Waals surface area contributed by atoms with Gasteiger partial charge in [-0.2, -0.15) is 0 Å². The summed E-state index contributed by atoms with van der Waals surface area (Å²) < 4.78 is 0. The third kappa shape index (κ3) is 5.62. The Kier molecular flexibility index (Phi) is 8.44. The van der Waals surface area contributed by atoms with E-state index in [4.69, 9.17) is 0 Å². The number of halogens is 1. The summed E-state index contributed by atoms with van der Waals surface area (Å²) in [7, 11) is 3.28. The molecule has 8 heteroatoms. The second-order valence-corrected chi connectivity index (χ2v) is 4.07. The van der Waals surface area contributed by atoms with Gasteiger partial charge in [-0.3, -0.25) is 14.6 Å². The van der Waals surface area contributed by atoms with Crippen LogP contribution in [0.5, 0.6) is 0 Å². The Bertz CT molecular complexity index is 340. The van der Waals surface area contributed by atoms with E-state index in [9.17, 15) is 9.59 Å². The molecule has 1 aliphatic rings. The molecule has 0 aliphatic carbocycles. The number of hydrogen-bond donors (Lipinski definition) is 2. The van der Waals surface area contributed by atoms with Gasteiger partial charge in [0.25, 0.3) is 0 Å². The standard InChI is InChI=1S/C11H21N5O2.HI/c1-9(17)15-4-6-16(7-5-15)11(13-3)14-8-10(18)12-2;/h4-8H2,1-3H3,(H,12,18)(H,13,14);1H. The summed E-state index contributed by atoms with van der Waals surface area (Å²) in [5.74, 6) is 0.711. The van der Waals surface area contributed by atoms with Gasteiger partial charge in [0.05, 0.1) is 6.54 Å². The highest BCUT2D eigenvalue weighted by Crippen LogP contribution is 2.02. The lowest BCUT2D eigenvalue weighted by atomic mass is 10.3. The monoisotopic (exact) mass is 383 g/mol. The Hall–Kier alpha value is -1.06. The van der Waals surface area contributed by atoms with Crippen LogP contribution in [0.15, 0.2) is 4.99 Å². The number of likely N-dealkylation sites (N-methyl/N-ethyl adjacent to an activating group) is 1. The summed E-state index contributed by atoms with van der Waals surface area (Å²) in [6, 6.07) is 0. The Morgan fingerprint density at radius 1 is 1.16 bits per heavy atom. The topological polar surface area (TPSA) is 77.0 Å². The van der Waals surface area contributed by atoms with E-state index in [-0.39, 0.29) is 42.3 Å². The first-order valence-corrected chi connectivity index (χ1v) is 6.00. The number of nitrogens with one attached hydrogen (secondary N) is 2. The summed E-state index contributed by atoms with van der Waals surface area (Å²) in [6.45, 7) is 4.62. The van der Waals surface area contributed by atoms with Crippen LogP contribution in [-0.2, 0) is 9.59 Å². The minimum Gasteiger partial charge on any atom is -0.358 e. The van der Waals surface area contributed by atoms with E-state index in [1.807, 2.05) is 9.80 Å². The van der Waals surface area contributed by atoms with Crippen LogP contribution >= 0.6 is 24.0 Å². The SMILES string of the molecule is CN=C(NCC(=O)NC)N1CCN(C(C)=O)CC1.I. The van der Waals surface area contributed by atoms with Gasteiger partial charge < -0.3 is 20.4 Å². The molecule has 1 saturated heterocycles. The van der Waals surface area contributed by atoms with Crippen molar-refractivity contribution in [3.8, 4) is 0 Å². The molecule has 0 atom stereocenters. The van der Waals surface area contributed by atoms with Crippen molar-refractivity contribution in [2.45, 2.75) is 6.92 Å². The molecular formula is C11H22IN5O2. The maximum atomic E-state index is 11.2. The van der Waals surface area contributed by atoms with Crippen molar-refractivity contribution in [1.29, 1.82) is 0 Å². The van der Waals surface area contributed by atoms with E-state index < -0.39 is 0 Å². The fourth-order valence-electron chi connectivity index (χ4n) is 1.81. The molecule has 0 spiro atoms. The van der Waals surface area contributed by atoms with Gasteiger partial charge in [-0.1, -0.05) is 0 Å². The van der Waals surface area contributed by atoms with E-state index in [1.165, 1.54) is 0 Å². The summed E-state index contributed by atoms with van der Waals surface area (Å²) in [5, 5.41) is 5.54. The largest absolute Gasteiger partial charge is 0.358 e. The Morgan fingerprint density at radius 3 is 2.11 bits per heavy atom. The van der Waals surface area contributed by atoms with Gasteiger partial charge in [-0.15, -0.1) is 24.0 Å². The quantitative estimate of drug-likeness (QED) is 0.368. The Morgan fingerprint density at radius 2 is 1.68 bits per heavy atom. The predicted octanol–water partition coefficient (Wildman–Crippen LogP) is -0.910. The van der Waals surface area contributed by atoms with E-state index in [0.717, 1.165) is 13.1 Å². The molecule has 1 aliphatic heterocycles. The highest BCUT2D eigenvalue weighted by Gasteiger charge is 2.20. The van der Waals surface area contributed by atoms with Crippen LogP contribution < -0.4 is 10.6 Å². The van der Waals surface area contributed by atoms with Crippen molar-refractivity contribution in [1.82, 2.24) is 20.4 Å². The molecule has 0 bridgehead atoms. The molecule has 0 aromatic rings. The number of nitrogens with zero attached hydrogens (tertiary/aromatic N) is 3. The number of piperazine rings is 1. The molecule has 7 nitrogen and oxygen atoms in total. The van der Waals surface area contributed by atoms with Gasteiger partial charge in [0.15, 0.2) is 5.96 Å². The summed E-state index contributed by atoms with van der Waals surface area (Å²) in [6.07, 6.45) is 0. The molecular weight excluding hydrogens is 361 g/mol. The zero-order valence-corrected chi connectivity index (χ0v) is 13.9. The number of rotatable bonds is 2. The van der Waals surface area contributed by atoms with Gasteiger partial charge in [-0.25, -0.2) is 0 Å². The van der Waals surface area contributed by atoms with Gasteiger partial charge >= 0.3 is 0 Å². The number of guanidine groups is 1. The fraction of sp³-hybridized carbons (Fsp3) is 0.727. The smallest absolute Gasteiger partial charge is 0.239 e. The molecule has 0 unspecified atom stereocenters. The number of amides is 2. The van der Waals surface area contributed by atoms with Crippen LogP contribution in [0, 0.1) is 0 Å². The van der Waals surface area contributed by atoms with Crippen LogP contribution in [0.1, 0.15) is 6.92 Å². The first kappa shape index (κ1) is 17.9. The molecule has 0 saturated carbocycles. The zero-order chi connectivity index (χ0) is 13.5. The third-order valence-electron chi connectivity index (χ3n) is 2.92. The van der Waals surface area contributed by atoms with Gasteiger partial charge in [0.1, 0.15) is 0 Å². The van der Waals surface area contributed by atoms with Gasteiger partial charge in [0.2, 0.25) is 11.8 Å². The maximum Gasteiger partial charge on any atom is 0.239 e. The first-order valence-electron chi connectivity index (χ1n) is 6.00. The van der Waals surface area contributed by atoms with Gasteiger partial charge in [-0.05, 0) is 0 Å². The van der Waals surface area contributed by atoms with Crippen molar-refractivity contribution in [3.05, 3.63) is 0 Å². The van der Waals surface area contributed by atoms with Crippen LogP contribution in [-0.4, -0.2) is 74.4 Å².